The lowest BCUT2D eigenvalue weighted by molar-refractivity contribution is -0.140. The number of halogens is 1. The number of nitrogens with zero attached hydrogens (tertiary/aromatic N) is 1. The first-order valence-electron chi connectivity index (χ1n) is 7.23. The summed E-state index contributed by atoms with van der Waals surface area (Å²) in [4.78, 5) is 26.0. The largest absolute Gasteiger partial charge is 0.452 e. The zero-order chi connectivity index (χ0) is 15.4. The highest BCUT2D eigenvalue weighted by atomic mass is 127. The predicted molar refractivity (Wildman–Crippen MR) is 89.1 cm³/mol. The standard InChI is InChI=1S/C16H20INO3/c1-11-4-3-5-12(2)18(11)15(19)10-21-16(20)13-6-8-14(17)9-7-13/h6-9,11-12H,3-5,10H2,1-2H3/t11-,12+. The molecule has 0 unspecified atom stereocenters. The Kier molecular flexibility index (Phi) is 5.61. The highest BCUT2D eigenvalue weighted by molar-refractivity contribution is 14.1. The number of hydrogen-bond acceptors (Lipinski definition) is 3. The third-order valence-corrected chi connectivity index (χ3v) is 4.61. The van der Waals surface area contributed by atoms with Crippen molar-refractivity contribution in [1.82, 2.24) is 4.90 Å². The lowest BCUT2D eigenvalue weighted by atomic mass is 9.97. The van der Waals surface area contributed by atoms with Gasteiger partial charge in [0.25, 0.3) is 5.91 Å². The van der Waals surface area contributed by atoms with Crippen LogP contribution in [0.5, 0.6) is 0 Å². The van der Waals surface area contributed by atoms with Crippen LogP contribution in [0.25, 0.3) is 0 Å². The average Bonchev–Trinajstić information content (AvgIpc) is 2.45. The Morgan fingerprint density at radius 1 is 1.19 bits per heavy atom. The molecule has 1 saturated heterocycles. The van der Waals surface area contributed by atoms with Crippen molar-refractivity contribution in [3.05, 3.63) is 33.4 Å². The zero-order valence-electron chi connectivity index (χ0n) is 12.3. The Labute approximate surface area is 139 Å². The minimum absolute atomic E-state index is 0.103. The van der Waals surface area contributed by atoms with E-state index in [1.807, 2.05) is 17.0 Å². The van der Waals surface area contributed by atoms with Crippen molar-refractivity contribution in [2.75, 3.05) is 6.61 Å². The second kappa shape index (κ2) is 7.24. The lowest BCUT2D eigenvalue weighted by Gasteiger charge is -2.38. The van der Waals surface area contributed by atoms with Gasteiger partial charge in [-0.25, -0.2) is 4.79 Å². The van der Waals surface area contributed by atoms with E-state index in [-0.39, 0.29) is 24.6 Å². The van der Waals surface area contributed by atoms with Gasteiger partial charge in [0.2, 0.25) is 0 Å². The van der Waals surface area contributed by atoms with E-state index in [0.29, 0.717) is 5.56 Å². The summed E-state index contributed by atoms with van der Waals surface area (Å²) in [6.45, 7) is 3.92. The van der Waals surface area contributed by atoms with Gasteiger partial charge < -0.3 is 9.64 Å². The van der Waals surface area contributed by atoms with Crippen LogP contribution in [0.4, 0.5) is 0 Å². The van der Waals surface area contributed by atoms with E-state index in [2.05, 4.69) is 36.4 Å². The molecule has 114 valence electrons. The molecule has 4 nitrogen and oxygen atoms in total. The van der Waals surface area contributed by atoms with Crippen LogP contribution in [0.15, 0.2) is 24.3 Å². The molecule has 0 spiro atoms. The number of esters is 1. The molecule has 0 radical (unpaired) electrons. The molecule has 1 fully saturated rings. The first-order valence-corrected chi connectivity index (χ1v) is 8.30. The highest BCUT2D eigenvalue weighted by Gasteiger charge is 2.29. The fourth-order valence-corrected chi connectivity index (χ4v) is 3.14. The molecule has 1 aromatic rings. The zero-order valence-corrected chi connectivity index (χ0v) is 14.5. The molecule has 1 aliphatic heterocycles. The summed E-state index contributed by atoms with van der Waals surface area (Å²) in [6, 6.07) is 7.54. The summed E-state index contributed by atoms with van der Waals surface area (Å²) >= 11 is 2.17. The molecule has 21 heavy (non-hydrogen) atoms. The molecule has 1 heterocycles. The lowest BCUT2D eigenvalue weighted by Crippen LogP contribution is -2.49. The number of hydrogen-bond donors (Lipinski definition) is 0. The summed E-state index contributed by atoms with van der Waals surface area (Å²) in [5.74, 6) is -0.550. The fourth-order valence-electron chi connectivity index (χ4n) is 2.78. The van der Waals surface area contributed by atoms with Gasteiger partial charge in [0.05, 0.1) is 5.56 Å². The average molecular weight is 401 g/mol. The van der Waals surface area contributed by atoms with Crippen LogP contribution in [-0.4, -0.2) is 35.5 Å². The Morgan fingerprint density at radius 3 is 2.33 bits per heavy atom. The van der Waals surface area contributed by atoms with Crippen LogP contribution in [0.2, 0.25) is 0 Å². The number of rotatable bonds is 3. The van der Waals surface area contributed by atoms with E-state index in [0.717, 1.165) is 22.8 Å². The fraction of sp³-hybridized carbons (Fsp3) is 0.500. The van der Waals surface area contributed by atoms with Crippen molar-refractivity contribution in [2.24, 2.45) is 0 Å². The number of piperidine rings is 1. The van der Waals surface area contributed by atoms with Crippen molar-refractivity contribution in [1.29, 1.82) is 0 Å². The Morgan fingerprint density at radius 2 is 1.76 bits per heavy atom. The maximum Gasteiger partial charge on any atom is 0.338 e. The van der Waals surface area contributed by atoms with E-state index >= 15 is 0 Å². The number of ether oxygens (including phenoxy) is 1. The Hall–Kier alpha value is -1.11. The second-order valence-electron chi connectivity index (χ2n) is 5.51. The van der Waals surface area contributed by atoms with Gasteiger partial charge in [-0.15, -0.1) is 0 Å². The molecule has 2 rings (SSSR count). The van der Waals surface area contributed by atoms with Gasteiger partial charge in [-0.1, -0.05) is 0 Å². The quantitative estimate of drug-likeness (QED) is 0.577. The SMILES string of the molecule is C[C@@H]1CCC[C@H](C)N1C(=O)COC(=O)c1ccc(I)cc1. The minimum atomic E-state index is -0.447. The number of carbonyl (C=O) groups excluding carboxylic acids is 2. The van der Waals surface area contributed by atoms with Gasteiger partial charge in [-0.05, 0) is 80.0 Å². The number of carbonyl (C=O) groups is 2. The number of benzene rings is 1. The third-order valence-electron chi connectivity index (χ3n) is 3.89. The number of likely N-dealkylation sites (tertiary alicyclic amines) is 1. The van der Waals surface area contributed by atoms with E-state index in [1.54, 1.807) is 12.1 Å². The second-order valence-corrected chi connectivity index (χ2v) is 6.76. The van der Waals surface area contributed by atoms with E-state index < -0.39 is 5.97 Å². The topological polar surface area (TPSA) is 46.6 Å². The summed E-state index contributed by atoms with van der Waals surface area (Å²) < 4.78 is 6.20. The van der Waals surface area contributed by atoms with E-state index in [4.69, 9.17) is 4.74 Å². The van der Waals surface area contributed by atoms with Crippen molar-refractivity contribution in [2.45, 2.75) is 45.2 Å². The van der Waals surface area contributed by atoms with E-state index in [1.165, 1.54) is 0 Å². The van der Waals surface area contributed by atoms with Crippen LogP contribution in [-0.2, 0) is 9.53 Å². The molecule has 0 aromatic heterocycles. The van der Waals surface area contributed by atoms with Gasteiger partial charge in [0.15, 0.2) is 6.61 Å². The van der Waals surface area contributed by atoms with Crippen LogP contribution in [0.3, 0.4) is 0 Å². The maximum absolute atomic E-state index is 12.3. The summed E-state index contributed by atoms with van der Waals surface area (Å²) in [5, 5.41) is 0. The molecule has 2 atom stereocenters. The Bertz CT molecular complexity index is 505. The summed E-state index contributed by atoms with van der Waals surface area (Å²) in [6.07, 6.45) is 3.18. The van der Waals surface area contributed by atoms with Crippen LogP contribution in [0, 0.1) is 3.57 Å². The van der Waals surface area contributed by atoms with Crippen LogP contribution < -0.4 is 0 Å². The Balaban J connectivity index is 1.91. The molecular weight excluding hydrogens is 381 g/mol. The van der Waals surface area contributed by atoms with Crippen molar-refractivity contribution in [3.8, 4) is 0 Å². The molecule has 0 aliphatic carbocycles. The summed E-state index contributed by atoms with van der Waals surface area (Å²) in [7, 11) is 0. The van der Waals surface area contributed by atoms with Crippen molar-refractivity contribution >= 4 is 34.5 Å². The first kappa shape index (κ1) is 16.3. The summed E-state index contributed by atoms with van der Waals surface area (Å²) in [5.41, 5.74) is 0.475. The monoisotopic (exact) mass is 401 g/mol. The van der Waals surface area contributed by atoms with E-state index in [9.17, 15) is 9.59 Å². The number of amides is 1. The third kappa shape index (κ3) is 4.18. The molecule has 0 bridgehead atoms. The molecule has 1 aliphatic rings. The predicted octanol–water partition coefficient (Wildman–Crippen LogP) is 3.24. The van der Waals surface area contributed by atoms with Gasteiger partial charge in [-0.2, -0.15) is 0 Å². The normalized spacial score (nSPS) is 22.0. The molecule has 1 amide bonds. The van der Waals surface area contributed by atoms with Crippen LogP contribution >= 0.6 is 22.6 Å². The van der Waals surface area contributed by atoms with Crippen molar-refractivity contribution < 1.29 is 14.3 Å². The minimum Gasteiger partial charge on any atom is -0.452 e. The molecular formula is C16H20INO3. The van der Waals surface area contributed by atoms with Crippen LogP contribution in [0.1, 0.15) is 43.5 Å². The molecule has 5 heteroatoms. The molecule has 1 aromatic carbocycles. The van der Waals surface area contributed by atoms with Gasteiger partial charge in [-0.3, -0.25) is 4.79 Å². The molecule has 0 saturated carbocycles. The smallest absolute Gasteiger partial charge is 0.338 e. The maximum atomic E-state index is 12.3. The highest BCUT2D eigenvalue weighted by Crippen LogP contribution is 2.22. The van der Waals surface area contributed by atoms with Gasteiger partial charge in [0.1, 0.15) is 0 Å². The van der Waals surface area contributed by atoms with Gasteiger partial charge >= 0.3 is 5.97 Å². The first-order chi connectivity index (χ1) is 9.99. The van der Waals surface area contributed by atoms with Gasteiger partial charge in [0, 0.05) is 15.7 Å². The van der Waals surface area contributed by atoms with Crippen molar-refractivity contribution in [3.63, 3.8) is 0 Å². The molecule has 0 N–H and O–H groups in total.